The summed E-state index contributed by atoms with van der Waals surface area (Å²) in [6.07, 6.45) is 2.14. The average Bonchev–Trinajstić information content (AvgIpc) is 3.41. The first kappa shape index (κ1) is 34.5. The lowest BCUT2D eigenvalue weighted by Gasteiger charge is -2.25. The predicted molar refractivity (Wildman–Crippen MR) is 165 cm³/mol. The van der Waals surface area contributed by atoms with Crippen LogP contribution >= 0.6 is 0 Å². The molecule has 1 heterocycles. The SMILES string of the molecule is NCCCCC(NC(=O)C(Cc1c[nH]c2ccccc12)NC(=O)C(N)Cc1ccc(O)cc1)C(=O)NC(CCC(=O)O)C(=O)O. The van der Waals surface area contributed by atoms with E-state index in [4.69, 9.17) is 16.6 Å². The van der Waals surface area contributed by atoms with Crippen LogP contribution < -0.4 is 27.4 Å². The Morgan fingerprint density at radius 1 is 0.778 bits per heavy atom. The van der Waals surface area contributed by atoms with Crippen molar-refractivity contribution in [1.29, 1.82) is 0 Å². The highest BCUT2D eigenvalue weighted by Gasteiger charge is 2.31. The normalized spacial score (nSPS) is 13.7. The molecule has 0 radical (unpaired) electrons. The molecule has 45 heavy (non-hydrogen) atoms. The molecule has 1 aromatic heterocycles. The molecule has 4 unspecified atom stereocenters. The molecule has 0 bridgehead atoms. The van der Waals surface area contributed by atoms with Gasteiger partial charge in [-0.3, -0.25) is 19.2 Å². The molecule has 11 N–H and O–H groups in total. The van der Waals surface area contributed by atoms with E-state index >= 15 is 0 Å². The van der Waals surface area contributed by atoms with Crippen LogP contribution in [0.5, 0.6) is 5.75 Å². The van der Waals surface area contributed by atoms with E-state index in [2.05, 4.69) is 20.9 Å². The largest absolute Gasteiger partial charge is 0.508 e. The van der Waals surface area contributed by atoms with Gasteiger partial charge in [-0.15, -0.1) is 0 Å². The molecule has 0 saturated heterocycles. The van der Waals surface area contributed by atoms with Gasteiger partial charge >= 0.3 is 11.9 Å². The fraction of sp³-hybridized carbons (Fsp3) is 0.387. The minimum atomic E-state index is -1.48. The third-order valence-corrected chi connectivity index (χ3v) is 7.30. The van der Waals surface area contributed by atoms with Crippen LogP contribution in [0, 0.1) is 0 Å². The number of aliphatic carboxylic acids is 2. The van der Waals surface area contributed by atoms with E-state index in [0.717, 1.165) is 16.5 Å². The first-order chi connectivity index (χ1) is 21.5. The second-order valence-corrected chi connectivity index (χ2v) is 10.8. The van der Waals surface area contributed by atoms with Crippen molar-refractivity contribution in [1.82, 2.24) is 20.9 Å². The number of para-hydroxylation sites is 1. The number of fused-ring (bicyclic) bond motifs is 1. The standard InChI is InChI=1S/C31H40N6O8/c32-14-4-3-7-24(29(42)36-25(31(44)45)12-13-27(39)40)35-30(43)26(16-19-17-34-23-6-2-1-5-21(19)23)37-28(41)22(33)15-18-8-10-20(38)11-9-18/h1-2,5-6,8-11,17,22,24-26,34,38H,3-4,7,12-16,32-33H2,(H,35,43)(H,36,42)(H,37,41)(H,39,40)(H,44,45). The number of carbonyl (C=O) groups is 5. The molecule has 0 aliphatic rings. The summed E-state index contributed by atoms with van der Waals surface area (Å²) in [6.45, 7) is 0.330. The second kappa shape index (κ2) is 16.8. The van der Waals surface area contributed by atoms with E-state index in [1.54, 1.807) is 18.3 Å². The van der Waals surface area contributed by atoms with E-state index in [9.17, 15) is 34.2 Å². The van der Waals surface area contributed by atoms with Gasteiger partial charge in [-0.25, -0.2) is 4.79 Å². The molecule has 0 fully saturated rings. The van der Waals surface area contributed by atoms with Crippen LogP contribution in [0.25, 0.3) is 10.9 Å². The van der Waals surface area contributed by atoms with Crippen LogP contribution in [0.4, 0.5) is 0 Å². The Labute approximate surface area is 259 Å². The summed E-state index contributed by atoms with van der Waals surface area (Å²) in [6, 6.07) is 8.72. The summed E-state index contributed by atoms with van der Waals surface area (Å²) >= 11 is 0. The van der Waals surface area contributed by atoms with E-state index in [0.29, 0.717) is 24.9 Å². The predicted octanol–water partition coefficient (Wildman–Crippen LogP) is 0.519. The molecule has 242 valence electrons. The fourth-order valence-corrected chi connectivity index (χ4v) is 4.82. The van der Waals surface area contributed by atoms with Crippen LogP contribution in [-0.2, 0) is 36.8 Å². The summed E-state index contributed by atoms with van der Waals surface area (Å²) in [5.41, 5.74) is 14.0. The Kier molecular flexibility index (Phi) is 12.9. The summed E-state index contributed by atoms with van der Waals surface area (Å²) in [7, 11) is 0. The molecular weight excluding hydrogens is 584 g/mol. The van der Waals surface area contributed by atoms with Gasteiger partial charge < -0.3 is 47.7 Å². The lowest BCUT2D eigenvalue weighted by atomic mass is 10.0. The zero-order valence-corrected chi connectivity index (χ0v) is 24.7. The highest BCUT2D eigenvalue weighted by atomic mass is 16.4. The number of carbonyl (C=O) groups excluding carboxylic acids is 3. The number of phenols is 1. The van der Waals surface area contributed by atoms with Gasteiger partial charge in [-0.05, 0) is 68.0 Å². The van der Waals surface area contributed by atoms with Gasteiger partial charge in [0.2, 0.25) is 17.7 Å². The van der Waals surface area contributed by atoms with Crippen molar-refractivity contribution in [2.45, 2.75) is 69.1 Å². The lowest BCUT2D eigenvalue weighted by molar-refractivity contribution is -0.143. The van der Waals surface area contributed by atoms with Gasteiger partial charge in [0.25, 0.3) is 0 Å². The van der Waals surface area contributed by atoms with E-state index in [-0.39, 0.29) is 31.4 Å². The minimum absolute atomic E-state index is 0.0427. The molecule has 14 nitrogen and oxygen atoms in total. The third-order valence-electron chi connectivity index (χ3n) is 7.30. The second-order valence-electron chi connectivity index (χ2n) is 10.8. The smallest absolute Gasteiger partial charge is 0.326 e. The summed E-state index contributed by atoms with van der Waals surface area (Å²) in [5.74, 6) is -4.69. The van der Waals surface area contributed by atoms with E-state index in [1.807, 2.05) is 24.3 Å². The van der Waals surface area contributed by atoms with Crippen molar-refractivity contribution in [3.05, 3.63) is 65.9 Å². The van der Waals surface area contributed by atoms with E-state index < -0.39 is 60.2 Å². The van der Waals surface area contributed by atoms with Gasteiger partial charge in [-0.1, -0.05) is 30.3 Å². The van der Waals surface area contributed by atoms with Crippen molar-refractivity contribution in [3.8, 4) is 5.75 Å². The summed E-state index contributed by atoms with van der Waals surface area (Å²) in [4.78, 5) is 66.0. The summed E-state index contributed by atoms with van der Waals surface area (Å²) < 4.78 is 0. The first-order valence-corrected chi connectivity index (χ1v) is 14.6. The van der Waals surface area contributed by atoms with Gasteiger partial charge in [0.15, 0.2) is 0 Å². The number of unbranched alkanes of at least 4 members (excludes halogenated alkanes) is 1. The van der Waals surface area contributed by atoms with Crippen molar-refractivity contribution in [2.24, 2.45) is 11.5 Å². The Morgan fingerprint density at radius 3 is 2.09 bits per heavy atom. The highest BCUT2D eigenvalue weighted by molar-refractivity contribution is 5.95. The van der Waals surface area contributed by atoms with Crippen LogP contribution in [0.1, 0.15) is 43.2 Å². The molecule has 2 aromatic carbocycles. The molecule has 14 heteroatoms. The first-order valence-electron chi connectivity index (χ1n) is 14.6. The number of aromatic amines is 1. The molecule has 0 saturated carbocycles. The number of amides is 3. The molecule has 0 spiro atoms. The van der Waals surface area contributed by atoms with Crippen molar-refractivity contribution in [3.63, 3.8) is 0 Å². The van der Waals surface area contributed by atoms with Crippen molar-refractivity contribution < 1.29 is 39.3 Å². The number of nitrogens with one attached hydrogen (secondary N) is 4. The monoisotopic (exact) mass is 624 g/mol. The zero-order chi connectivity index (χ0) is 32.9. The number of aromatic hydroxyl groups is 1. The highest BCUT2D eigenvalue weighted by Crippen LogP contribution is 2.20. The van der Waals surface area contributed by atoms with Crippen LogP contribution in [0.15, 0.2) is 54.7 Å². The number of hydrogen-bond donors (Lipinski definition) is 9. The lowest BCUT2D eigenvalue weighted by Crippen LogP contribution is -2.57. The number of nitrogens with two attached hydrogens (primary N) is 2. The molecule has 0 aliphatic heterocycles. The Balaban J connectivity index is 1.82. The van der Waals surface area contributed by atoms with Crippen LogP contribution in [0.3, 0.4) is 0 Å². The number of rotatable bonds is 18. The fourth-order valence-electron chi connectivity index (χ4n) is 4.82. The maximum Gasteiger partial charge on any atom is 0.326 e. The molecular formula is C31H40N6O8. The Hall–Kier alpha value is -4.95. The number of carboxylic acids is 2. The van der Waals surface area contributed by atoms with Gasteiger partial charge in [-0.2, -0.15) is 0 Å². The third kappa shape index (κ3) is 10.6. The number of phenolic OH excluding ortho intramolecular Hbond substituents is 1. The maximum absolute atomic E-state index is 13.7. The molecule has 0 aliphatic carbocycles. The Bertz CT molecular complexity index is 1470. The van der Waals surface area contributed by atoms with Crippen molar-refractivity contribution in [2.75, 3.05) is 6.54 Å². The number of carboxylic acid groups (broad SMARTS) is 2. The number of hydrogen-bond acceptors (Lipinski definition) is 8. The van der Waals surface area contributed by atoms with Crippen LogP contribution in [0.2, 0.25) is 0 Å². The Morgan fingerprint density at radius 2 is 1.42 bits per heavy atom. The topological polar surface area (TPSA) is 250 Å². The van der Waals surface area contributed by atoms with Crippen molar-refractivity contribution >= 4 is 40.6 Å². The van der Waals surface area contributed by atoms with Gasteiger partial charge in [0.1, 0.15) is 23.9 Å². The van der Waals surface area contributed by atoms with Gasteiger partial charge in [0, 0.05) is 29.9 Å². The number of benzene rings is 2. The minimum Gasteiger partial charge on any atom is -0.508 e. The molecule has 4 atom stereocenters. The van der Waals surface area contributed by atoms with Gasteiger partial charge in [0.05, 0.1) is 6.04 Å². The molecule has 3 rings (SSSR count). The number of aromatic nitrogens is 1. The average molecular weight is 625 g/mol. The van der Waals surface area contributed by atoms with E-state index in [1.165, 1.54) is 12.1 Å². The quantitative estimate of drug-likeness (QED) is 0.0887. The maximum atomic E-state index is 13.7. The molecule has 3 aromatic rings. The number of H-pyrrole nitrogens is 1. The summed E-state index contributed by atoms with van der Waals surface area (Å²) in [5, 5.41) is 36.5. The zero-order valence-electron chi connectivity index (χ0n) is 24.7. The molecule has 3 amide bonds. The van der Waals surface area contributed by atoms with Crippen LogP contribution in [-0.4, -0.2) is 80.7 Å².